The van der Waals surface area contributed by atoms with Crippen molar-refractivity contribution in [3.05, 3.63) is 29.3 Å². The maximum atomic E-state index is 9.41. The molecule has 0 heterocycles. The van der Waals surface area contributed by atoms with E-state index in [1.165, 1.54) is 12.0 Å². The number of hydrogen-bond donors (Lipinski definition) is 2. The van der Waals surface area contributed by atoms with Crippen LogP contribution < -0.4 is 5.48 Å². The van der Waals surface area contributed by atoms with Gasteiger partial charge in [-0.15, -0.1) is 0 Å². The number of phenols is 1. The minimum atomic E-state index is 0.218. The van der Waals surface area contributed by atoms with Crippen molar-refractivity contribution < 1.29 is 9.94 Å². The second-order valence-electron chi connectivity index (χ2n) is 3.65. The van der Waals surface area contributed by atoms with Crippen LogP contribution in [0.15, 0.2) is 18.2 Å². The van der Waals surface area contributed by atoms with Gasteiger partial charge in [0, 0.05) is 0 Å². The third-order valence-corrected chi connectivity index (χ3v) is 2.70. The van der Waals surface area contributed by atoms with Gasteiger partial charge in [0.15, 0.2) is 0 Å². The summed E-state index contributed by atoms with van der Waals surface area (Å²) in [5.74, 6) is 0.327. The van der Waals surface area contributed by atoms with E-state index in [1.807, 2.05) is 12.1 Å². The Morgan fingerprint density at radius 1 is 1.50 bits per heavy atom. The summed E-state index contributed by atoms with van der Waals surface area (Å²) >= 11 is 0. The van der Waals surface area contributed by atoms with Gasteiger partial charge in [-0.25, -0.2) is 0 Å². The summed E-state index contributed by atoms with van der Waals surface area (Å²) in [7, 11) is 1.62. The van der Waals surface area contributed by atoms with E-state index in [4.69, 9.17) is 4.84 Å². The van der Waals surface area contributed by atoms with Crippen molar-refractivity contribution in [3.63, 3.8) is 0 Å². The molecule has 0 aromatic heterocycles. The van der Waals surface area contributed by atoms with E-state index in [1.54, 1.807) is 13.2 Å². The topological polar surface area (TPSA) is 41.5 Å². The van der Waals surface area contributed by atoms with Gasteiger partial charge in [-0.2, -0.15) is 5.48 Å². The van der Waals surface area contributed by atoms with Gasteiger partial charge in [0.25, 0.3) is 0 Å². The molecule has 0 saturated heterocycles. The Morgan fingerprint density at radius 3 is 3.14 bits per heavy atom. The lowest BCUT2D eigenvalue weighted by atomic mass is 9.88. The fourth-order valence-electron chi connectivity index (χ4n) is 2.05. The highest BCUT2D eigenvalue weighted by atomic mass is 16.6. The molecule has 0 spiro atoms. The number of phenolic OH excluding ortho intramolecular Hbond substituents is 1. The van der Waals surface area contributed by atoms with Crippen LogP contribution in [0, 0.1) is 0 Å². The summed E-state index contributed by atoms with van der Waals surface area (Å²) < 4.78 is 0. The number of fused-ring (bicyclic) bond motifs is 1. The Kier molecular flexibility index (Phi) is 2.70. The number of rotatable bonds is 2. The smallest absolute Gasteiger partial charge is 0.115 e. The van der Waals surface area contributed by atoms with E-state index in [0.717, 1.165) is 18.4 Å². The Hall–Kier alpha value is -1.06. The molecule has 0 saturated carbocycles. The molecule has 2 N–H and O–H groups in total. The summed E-state index contributed by atoms with van der Waals surface area (Å²) in [4.78, 5) is 4.95. The molecule has 0 radical (unpaired) electrons. The molecule has 1 aromatic rings. The van der Waals surface area contributed by atoms with E-state index in [-0.39, 0.29) is 6.04 Å². The monoisotopic (exact) mass is 193 g/mol. The molecule has 1 aliphatic rings. The van der Waals surface area contributed by atoms with E-state index in [9.17, 15) is 5.11 Å². The van der Waals surface area contributed by atoms with Gasteiger partial charge >= 0.3 is 0 Å². The normalized spacial score (nSPS) is 20.5. The average molecular weight is 193 g/mol. The van der Waals surface area contributed by atoms with Crippen LogP contribution in [0.4, 0.5) is 0 Å². The fraction of sp³-hybridized carbons (Fsp3) is 0.455. The van der Waals surface area contributed by atoms with Gasteiger partial charge in [-0.3, -0.25) is 0 Å². The van der Waals surface area contributed by atoms with Gasteiger partial charge in [0.1, 0.15) is 5.75 Å². The third-order valence-electron chi connectivity index (χ3n) is 2.70. The van der Waals surface area contributed by atoms with Crippen molar-refractivity contribution in [2.75, 3.05) is 7.11 Å². The van der Waals surface area contributed by atoms with Crippen LogP contribution in [0.3, 0.4) is 0 Å². The molecule has 1 aromatic carbocycles. The first-order chi connectivity index (χ1) is 6.81. The molecule has 2 rings (SSSR count). The lowest BCUT2D eigenvalue weighted by Gasteiger charge is -2.25. The maximum absolute atomic E-state index is 9.41. The van der Waals surface area contributed by atoms with E-state index in [2.05, 4.69) is 5.48 Å². The molecule has 1 atom stereocenters. The van der Waals surface area contributed by atoms with Gasteiger partial charge in [-0.05, 0) is 42.5 Å². The predicted octanol–water partition coefficient (Wildman–Crippen LogP) is 1.92. The Bertz CT molecular complexity index is 325. The number of aromatic hydroxyl groups is 1. The SMILES string of the molecule is CONC1CCCc2ccc(O)cc21. The standard InChI is InChI=1S/C11H15NO2/c1-14-12-11-4-2-3-8-5-6-9(13)7-10(8)11/h5-7,11-13H,2-4H2,1H3. The van der Waals surface area contributed by atoms with Crippen LogP contribution in [0.2, 0.25) is 0 Å². The van der Waals surface area contributed by atoms with E-state index >= 15 is 0 Å². The molecule has 3 heteroatoms. The first kappa shape index (κ1) is 9.49. The highest BCUT2D eigenvalue weighted by Crippen LogP contribution is 2.31. The zero-order valence-electron chi connectivity index (χ0n) is 8.29. The molecule has 76 valence electrons. The number of hydrogen-bond acceptors (Lipinski definition) is 3. The van der Waals surface area contributed by atoms with Crippen molar-refractivity contribution in [3.8, 4) is 5.75 Å². The molecular weight excluding hydrogens is 178 g/mol. The summed E-state index contributed by atoms with van der Waals surface area (Å²) in [6, 6.07) is 5.78. The second kappa shape index (κ2) is 3.98. The summed E-state index contributed by atoms with van der Waals surface area (Å²) in [6.07, 6.45) is 3.32. The molecule has 0 fully saturated rings. The largest absolute Gasteiger partial charge is 0.508 e. The molecule has 0 amide bonds. The van der Waals surface area contributed by atoms with Crippen molar-refractivity contribution in [1.29, 1.82) is 0 Å². The van der Waals surface area contributed by atoms with Gasteiger partial charge in [0.2, 0.25) is 0 Å². The average Bonchev–Trinajstić information content (AvgIpc) is 2.19. The molecular formula is C11H15NO2. The van der Waals surface area contributed by atoms with Crippen molar-refractivity contribution in [2.45, 2.75) is 25.3 Å². The van der Waals surface area contributed by atoms with Gasteiger partial charge in [0.05, 0.1) is 13.2 Å². The maximum Gasteiger partial charge on any atom is 0.115 e. The van der Waals surface area contributed by atoms with Crippen LogP contribution in [-0.2, 0) is 11.3 Å². The quantitative estimate of drug-likeness (QED) is 0.705. The van der Waals surface area contributed by atoms with Crippen molar-refractivity contribution in [1.82, 2.24) is 5.48 Å². The molecule has 3 nitrogen and oxygen atoms in total. The lowest BCUT2D eigenvalue weighted by Crippen LogP contribution is -2.24. The van der Waals surface area contributed by atoms with Crippen LogP contribution >= 0.6 is 0 Å². The minimum absolute atomic E-state index is 0.218. The Morgan fingerprint density at radius 2 is 2.36 bits per heavy atom. The third kappa shape index (κ3) is 1.74. The van der Waals surface area contributed by atoms with E-state index < -0.39 is 0 Å². The highest BCUT2D eigenvalue weighted by Gasteiger charge is 2.19. The molecule has 0 aliphatic heterocycles. The van der Waals surface area contributed by atoms with Crippen LogP contribution in [0.5, 0.6) is 5.75 Å². The first-order valence-corrected chi connectivity index (χ1v) is 4.91. The molecule has 1 unspecified atom stereocenters. The summed E-state index contributed by atoms with van der Waals surface area (Å²) in [5.41, 5.74) is 5.43. The Balaban J connectivity index is 2.32. The highest BCUT2D eigenvalue weighted by molar-refractivity contribution is 5.38. The van der Waals surface area contributed by atoms with Crippen LogP contribution in [-0.4, -0.2) is 12.2 Å². The lowest BCUT2D eigenvalue weighted by molar-refractivity contribution is 0.0550. The van der Waals surface area contributed by atoms with Crippen molar-refractivity contribution >= 4 is 0 Å². The first-order valence-electron chi connectivity index (χ1n) is 4.91. The fourth-order valence-corrected chi connectivity index (χ4v) is 2.05. The molecule has 1 aliphatic carbocycles. The van der Waals surface area contributed by atoms with Crippen molar-refractivity contribution in [2.24, 2.45) is 0 Å². The predicted molar refractivity (Wildman–Crippen MR) is 53.9 cm³/mol. The second-order valence-corrected chi connectivity index (χ2v) is 3.65. The van der Waals surface area contributed by atoms with E-state index in [0.29, 0.717) is 5.75 Å². The summed E-state index contributed by atoms with van der Waals surface area (Å²) in [5, 5.41) is 9.41. The Labute approximate surface area is 83.7 Å². The molecule has 0 bridgehead atoms. The summed E-state index contributed by atoms with van der Waals surface area (Å²) in [6.45, 7) is 0. The number of aryl methyl sites for hydroxylation is 1. The van der Waals surface area contributed by atoms with Crippen LogP contribution in [0.1, 0.15) is 30.0 Å². The van der Waals surface area contributed by atoms with Crippen LogP contribution in [0.25, 0.3) is 0 Å². The number of benzene rings is 1. The zero-order chi connectivity index (χ0) is 9.97. The number of hydroxylamine groups is 1. The zero-order valence-corrected chi connectivity index (χ0v) is 8.29. The minimum Gasteiger partial charge on any atom is -0.508 e. The van der Waals surface area contributed by atoms with Gasteiger partial charge < -0.3 is 9.94 Å². The molecule has 14 heavy (non-hydrogen) atoms. The number of nitrogens with one attached hydrogen (secondary N) is 1. The van der Waals surface area contributed by atoms with Gasteiger partial charge in [-0.1, -0.05) is 6.07 Å².